The minimum Gasteiger partial charge on any atom is -0.456 e. The van der Waals surface area contributed by atoms with Crippen LogP contribution in [0.1, 0.15) is 0 Å². The fourth-order valence-corrected chi connectivity index (χ4v) is 7.01. The predicted octanol–water partition coefficient (Wildman–Crippen LogP) is 11.9. The molecule has 0 unspecified atom stereocenters. The second kappa shape index (κ2) is 8.37. The number of furan rings is 3. The molecular weight excluding hydrogens is 528 g/mol. The first-order valence-corrected chi connectivity index (χ1v) is 14.5. The van der Waals surface area contributed by atoms with Gasteiger partial charge in [-0.3, -0.25) is 0 Å². The summed E-state index contributed by atoms with van der Waals surface area (Å²) in [4.78, 5) is 0. The zero-order chi connectivity index (χ0) is 28.1. The van der Waals surface area contributed by atoms with Gasteiger partial charge in [0.05, 0.1) is 0 Å². The van der Waals surface area contributed by atoms with E-state index in [2.05, 4.69) is 97.1 Å². The van der Waals surface area contributed by atoms with Crippen LogP contribution in [-0.4, -0.2) is 0 Å². The van der Waals surface area contributed by atoms with Gasteiger partial charge in [-0.25, -0.2) is 0 Å². The monoisotopic (exact) mass is 550 g/mol. The molecule has 3 heteroatoms. The number of benzene rings is 7. The lowest BCUT2D eigenvalue weighted by Gasteiger charge is -2.16. The van der Waals surface area contributed by atoms with Crippen molar-refractivity contribution in [1.82, 2.24) is 0 Å². The second-order valence-electron chi connectivity index (χ2n) is 11.2. The van der Waals surface area contributed by atoms with Gasteiger partial charge in [0, 0.05) is 49.7 Å². The van der Waals surface area contributed by atoms with E-state index in [0.717, 1.165) is 93.3 Å². The van der Waals surface area contributed by atoms with Crippen LogP contribution < -0.4 is 0 Å². The Kier molecular flexibility index (Phi) is 4.45. The van der Waals surface area contributed by atoms with Crippen LogP contribution in [0.15, 0.2) is 147 Å². The van der Waals surface area contributed by atoms with E-state index in [-0.39, 0.29) is 0 Å². The molecule has 0 spiro atoms. The molecule has 7 aromatic carbocycles. The molecule has 10 rings (SSSR count). The standard InChI is InChI=1S/C40H22O3/c1-3-14-28-26(12-1)38(31-17-9-16-30-24-10-5-8-19-34(24)43-40(30)31)27-13-2-4-15-29(27)39(28)37-21-23-20-32-25-11-6-7-18-33(25)41-36(32)22-35(23)42-37/h1-22H. The van der Waals surface area contributed by atoms with Crippen LogP contribution in [0.5, 0.6) is 0 Å². The van der Waals surface area contributed by atoms with Crippen LogP contribution in [0.25, 0.3) is 98.8 Å². The third-order valence-corrected chi connectivity index (χ3v) is 8.87. The zero-order valence-corrected chi connectivity index (χ0v) is 22.9. The number of para-hydroxylation sites is 3. The maximum atomic E-state index is 6.65. The maximum absolute atomic E-state index is 6.65. The van der Waals surface area contributed by atoms with Crippen LogP contribution in [0.4, 0.5) is 0 Å². The molecule has 3 nitrogen and oxygen atoms in total. The molecular formula is C40H22O3. The fraction of sp³-hybridized carbons (Fsp3) is 0. The molecule has 0 amide bonds. The Labute approximate surface area is 245 Å². The zero-order valence-electron chi connectivity index (χ0n) is 22.9. The lowest BCUT2D eigenvalue weighted by molar-refractivity contribution is 0.629. The van der Waals surface area contributed by atoms with Crippen molar-refractivity contribution in [1.29, 1.82) is 0 Å². The maximum Gasteiger partial charge on any atom is 0.143 e. The predicted molar refractivity (Wildman–Crippen MR) is 177 cm³/mol. The van der Waals surface area contributed by atoms with Crippen molar-refractivity contribution in [2.45, 2.75) is 0 Å². The van der Waals surface area contributed by atoms with Crippen LogP contribution in [0.3, 0.4) is 0 Å². The largest absolute Gasteiger partial charge is 0.456 e. The van der Waals surface area contributed by atoms with E-state index in [1.165, 1.54) is 5.56 Å². The van der Waals surface area contributed by atoms with E-state index < -0.39 is 0 Å². The van der Waals surface area contributed by atoms with Crippen molar-refractivity contribution < 1.29 is 13.3 Å². The molecule has 0 atom stereocenters. The Morgan fingerprint density at radius 1 is 0.326 bits per heavy atom. The summed E-state index contributed by atoms with van der Waals surface area (Å²) in [5.41, 5.74) is 7.68. The molecule has 0 bridgehead atoms. The van der Waals surface area contributed by atoms with E-state index in [1.807, 2.05) is 36.4 Å². The van der Waals surface area contributed by atoms with Gasteiger partial charge in [0.25, 0.3) is 0 Å². The summed E-state index contributed by atoms with van der Waals surface area (Å²) >= 11 is 0. The van der Waals surface area contributed by atoms with Gasteiger partial charge in [-0.15, -0.1) is 0 Å². The van der Waals surface area contributed by atoms with Crippen molar-refractivity contribution in [2.75, 3.05) is 0 Å². The molecule has 0 aliphatic heterocycles. The van der Waals surface area contributed by atoms with Crippen molar-refractivity contribution in [3.8, 4) is 22.5 Å². The topological polar surface area (TPSA) is 39.4 Å². The first-order chi connectivity index (χ1) is 21.3. The van der Waals surface area contributed by atoms with Gasteiger partial charge in [-0.2, -0.15) is 0 Å². The van der Waals surface area contributed by atoms with E-state index in [1.54, 1.807) is 0 Å². The van der Waals surface area contributed by atoms with E-state index in [4.69, 9.17) is 13.3 Å². The quantitative estimate of drug-likeness (QED) is 0.201. The van der Waals surface area contributed by atoms with Gasteiger partial charge in [0.2, 0.25) is 0 Å². The van der Waals surface area contributed by atoms with Gasteiger partial charge in [0.15, 0.2) is 0 Å². The van der Waals surface area contributed by atoms with Gasteiger partial charge in [-0.1, -0.05) is 103 Å². The average molecular weight is 551 g/mol. The first-order valence-electron chi connectivity index (χ1n) is 14.5. The van der Waals surface area contributed by atoms with Crippen LogP contribution in [-0.2, 0) is 0 Å². The number of rotatable bonds is 2. The fourth-order valence-electron chi connectivity index (χ4n) is 7.01. The highest BCUT2D eigenvalue weighted by Crippen LogP contribution is 2.47. The third-order valence-electron chi connectivity index (χ3n) is 8.87. The van der Waals surface area contributed by atoms with Crippen LogP contribution >= 0.6 is 0 Å². The van der Waals surface area contributed by atoms with Gasteiger partial charge >= 0.3 is 0 Å². The second-order valence-corrected chi connectivity index (χ2v) is 11.2. The molecule has 0 fully saturated rings. The van der Waals surface area contributed by atoms with Crippen molar-refractivity contribution >= 4 is 76.4 Å². The van der Waals surface area contributed by atoms with Crippen LogP contribution in [0, 0.1) is 0 Å². The van der Waals surface area contributed by atoms with E-state index in [0.29, 0.717) is 0 Å². The molecule has 10 aromatic rings. The minimum absolute atomic E-state index is 0.811. The number of hydrogen-bond donors (Lipinski definition) is 0. The Balaban J connectivity index is 1.29. The summed E-state index contributed by atoms with van der Waals surface area (Å²) in [5, 5.41) is 10.1. The summed E-state index contributed by atoms with van der Waals surface area (Å²) in [6.45, 7) is 0. The van der Waals surface area contributed by atoms with Gasteiger partial charge in [0.1, 0.15) is 33.7 Å². The number of hydrogen-bond acceptors (Lipinski definition) is 3. The highest BCUT2D eigenvalue weighted by atomic mass is 16.3. The Morgan fingerprint density at radius 3 is 1.58 bits per heavy atom. The summed E-state index contributed by atoms with van der Waals surface area (Å²) < 4.78 is 19.3. The van der Waals surface area contributed by atoms with E-state index in [9.17, 15) is 0 Å². The Morgan fingerprint density at radius 2 is 0.884 bits per heavy atom. The summed E-state index contributed by atoms with van der Waals surface area (Å²) in [5.74, 6) is 0.841. The van der Waals surface area contributed by atoms with Gasteiger partial charge in [-0.05, 0) is 45.8 Å². The highest BCUT2D eigenvalue weighted by molar-refractivity contribution is 6.24. The van der Waals surface area contributed by atoms with Gasteiger partial charge < -0.3 is 13.3 Å². The van der Waals surface area contributed by atoms with Crippen LogP contribution in [0.2, 0.25) is 0 Å². The summed E-state index contributed by atoms with van der Waals surface area (Å²) in [6, 6.07) is 46.5. The molecule has 0 radical (unpaired) electrons. The third kappa shape index (κ3) is 3.14. The summed E-state index contributed by atoms with van der Waals surface area (Å²) in [6.07, 6.45) is 0. The summed E-state index contributed by atoms with van der Waals surface area (Å²) in [7, 11) is 0. The lowest BCUT2D eigenvalue weighted by Crippen LogP contribution is -1.90. The normalized spacial score (nSPS) is 12.2. The minimum atomic E-state index is 0.811. The van der Waals surface area contributed by atoms with E-state index >= 15 is 0 Å². The highest BCUT2D eigenvalue weighted by Gasteiger charge is 2.22. The van der Waals surface area contributed by atoms with Crippen molar-refractivity contribution in [2.24, 2.45) is 0 Å². The Bertz CT molecular complexity index is 2680. The first kappa shape index (κ1) is 22.8. The average Bonchev–Trinajstić information content (AvgIpc) is 3.75. The number of fused-ring (bicyclic) bond motifs is 9. The Hall–Kier alpha value is -5.80. The SMILES string of the molecule is c1ccc2c(c1)oc1cc3oc(-c4c5ccccc5c(-c5cccc6c5oc5ccccc56)c5ccccc45)cc3cc12. The smallest absolute Gasteiger partial charge is 0.143 e. The lowest BCUT2D eigenvalue weighted by atomic mass is 9.87. The molecule has 200 valence electrons. The molecule has 0 saturated carbocycles. The molecule has 0 N–H and O–H groups in total. The van der Waals surface area contributed by atoms with Crippen molar-refractivity contribution in [3.05, 3.63) is 133 Å². The molecule has 3 heterocycles. The molecule has 0 saturated heterocycles. The van der Waals surface area contributed by atoms with Crippen molar-refractivity contribution in [3.63, 3.8) is 0 Å². The molecule has 43 heavy (non-hydrogen) atoms. The molecule has 0 aliphatic carbocycles. The molecule has 0 aliphatic rings. The molecule has 3 aromatic heterocycles.